The lowest BCUT2D eigenvalue weighted by Gasteiger charge is -2.30. The van der Waals surface area contributed by atoms with Gasteiger partial charge in [0.1, 0.15) is 5.60 Å². The van der Waals surface area contributed by atoms with Crippen LogP contribution in [-0.2, 0) is 17.3 Å². The Labute approximate surface area is 176 Å². The first-order valence-corrected chi connectivity index (χ1v) is 10.4. The van der Waals surface area contributed by atoms with Gasteiger partial charge >= 0.3 is 6.09 Å². The average molecular weight is 467 g/mol. The quantitative estimate of drug-likeness (QED) is 0.686. The number of halogens is 1. The predicted octanol–water partition coefficient (Wildman–Crippen LogP) is 4.08. The molecule has 1 unspecified atom stereocenters. The van der Waals surface area contributed by atoms with Crippen LogP contribution >= 0.6 is 27.3 Å². The van der Waals surface area contributed by atoms with Crippen molar-refractivity contribution in [3.8, 4) is 0 Å². The summed E-state index contributed by atoms with van der Waals surface area (Å²) in [5.74, 6) is -0.102. The largest absolute Gasteiger partial charge is 0.442 e. The van der Waals surface area contributed by atoms with Crippen LogP contribution in [0.3, 0.4) is 0 Å². The molecule has 2 aromatic heterocycles. The number of nitrogens with zero attached hydrogens (tertiary/aromatic N) is 3. The van der Waals surface area contributed by atoms with Crippen LogP contribution in [0.1, 0.15) is 48.5 Å². The Hall–Kier alpha value is -2.13. The van der Waals surface area contributed by atoms with Crippen molar-refractivity contribution in [1.82, 2.24) is 14.8 Å². The molecule has 0 fully saturated rings. The van der Waals surface area contributed by atoms with Gasteiger partial charge in [0.25, 0.3) is 5.91 Å². The normalized spacial score (nSPS) is 21.3. The molecule has 0 saturated heterocycles. The fourth-order valence-electron chi connectivity index (χ4n) is 3.05. The molecule has 150 valence electrons. The molecule has 1 aliphatic heterocycles. The molecule has 9 heteroatoms. The van der Waals surface area contributed by atoms with Crippen LogP contribution in [0.15, 0.2) is 33.3 Å². The first-order chi connectivity index (χ1) is 12.9. The number of aryl methyl sites for hydroxylation is 1. The molecule has 0 aromatic carbocycles. The van der Waals surface area contributed by atoms with Crippen LogP contribution < -0.4 is 5.32 Å². The van der Waals surface area contributed by atoms with Crippen LogP contribution in [0.5, 0.6) is 0 Å². The zero-order valence-electron chi connectivity index (χ0n) is 16.7. The average Bonchev–Trinajstić information content (AvgIpc) is 3.15. The highest BCUT2D eigenvalue weighted by Crippen LogP contribution is 2.39. The van der Waals surface area contributed by atoms with Gasteiger partial charge in [-0.25, -0.2) is 4.79 Å². The molecule has 3 rings (SSSR count). The third-order valence-electron chi connectivity index (χ3n) is 4.36. The van der Waals surface area contributed by atoms with Crippen LogP contribution in [0, 0.1) is 0 Å². The Bertz CT molecular complexity index is 972. The number of carbonyl (C=O) groups excluding carboxylic acids is 2. The van der Waals surface area contributed by atoms with Gasteiger partial charge in [0.05, 0.1) is 11.1 Å². The lowest BCUT2D eigenvalue weighted by Crippen LogP contribution is -2.49. The molecular formula is C19H23BrN4O3S. The van der Waals surface area contributed by atoms with Crippen molar-refractivity contribution in [2.45, 2.75) is 38.8 Å². The minimum Gasteiger partial charge on any atom is -0.442 e. The maximum absolute atomic E-state index is 13.1. The van der Waals surface area contributed by atoms with Gasteiger partial charge in [-0.3, -0.25) is 9.69 Å². The Balaban J connectivity index is 2.13. The molecule has 28 heavy (non-hydrogen) atoms. The number of aromatic nitrogens is 1. The zero-order valence-corrected chi connectivity index (χ0v) is 19.1. The first-order valence-electron chi connectivity index (χ1n) is 8.69. The van der Waals surface area contributed by atoms with Crippen molar-refractivity contribution in [3.63, 3.8) is 0 Å². The lowest BCUT2D eigenvalue weighted by atomic mass is 9.90. The molecule has 0 radical (unpaired) electrons. The fourth-order valence-corrected chi connectivity index (χ4v) is 4.61. The molecule has 7 nitrogen and oxygen atoms in total. The summed E-state index contributed by atoms with van der Waals surface area (Å²) in [5, 5.41) is 5.30. The van der Waals surface area contributed by atoms with Crippen molar-refractivity contribution < 1.29 is 14.3 Å². The van der Waals surface area contributed by atoms with E-state index in [-0.39, 0.29) is 11.9 Å². The van der Waals surface area contributed by atoms with E-state index in [1.807, 2.05) is 36.2 Å². The highest BCUT2D eigenvalue weighted by molar-refractivity contribution is 9.10. The standard InChI is InChI=1S/C19H23BrN4O3S/c1-18(2,3)27-17(26)21-16-22-19(4,14-7-11(20)10-28-14)13-9-23(5)8-12(13)15(25)24(16)6/h7-10H,1-6H3,(H,21,22,26). The maximum Gasteiger partial charge on any atom is 0.437 e. The van der Waals surface area contributed by atoms with Crippen molar-refractivity contribution in [1.29, 1.82) is 0 Å². The summed E-state index contributed by atoms with van der Waals surface area (Å²) < 4.78 is 8.11. The van der Waals surface area contributed by atoms with E-state index in [0.717, 1.165) is 14.9 Å². The van der Waals surface area contributed by atoms with Gasteiger partial charge in [-0.05, 0) is 49.7 Å². The van der Waals surface area contributed by atoms with Crippen molar-refractivity contribution in [2.24, 2.45) is 12.0 Å². The molecule has 2 aromatic rings. The van der Waals surface area contributed by atoms with Crippen LogP contribution in [0.25, 0.3) is 0 Å². The number of fused-ring (bicyclic) bond motifs is 1. The van der Waals surface area contributed by atoms with E-state index in [0.29, 0.717) is 5.56 Å². The molecular weight excluding hydrogens is 444 g/mol. The van der Waals surface area contributed by atoms with E-state index in [9.17, 15) is 9.59 Å². The fraction of sp³-hybridized carbons (Fsp3) is 0.421. The molecule has 2 amide bonds. The van der Waals surface area contributed by atoms with Gasteiger partial charge in [-0.1, -0.05) is 0 Å². The second-order valence-corrected chi connectivity index (χ2v) is 9.74. The van der Waals surface area contributed by atoms with Gasteiger partial charge in [0, 0.05) is 46.8 Å². The van der Waals surface area contributed by atoms with Crippen molar-refractivity contribution >= 4 is 45.2 Å². The summed E-state index contributed by atoms with van der Waals surface area (Å²) in [4.78, 5) is 31.8. The van der Waals surface area contributed by atoms with Crippen LogP contribution in [0.2, 0.25) is 0 Å². The smallest absolute Gasteiger partial charge is 0.437 e. The molecule has 3 heterocycles. The number of ether oxygens (including phenoxy) is 1. The van der Waals surface area contributed by atoms with E-state index in [1.54, 1.807) is 45.4 Å². The van der Waals surface area contributed by atoms with Gasteiger partial charge in [0.15, 0.2) is 0 Å². The van der Waals surface area contributed by atoms with E-state index in [2.05, 4.69) is 26.2 Å². The second-order valence-electron chi connectivity index (χ2n) is 7.91. The minimum absolute atomic E-state index is 0.144. The zero-order chi connectivity index (χ0) is 20.9. The number of carbonyl (C=O) groups is 2. The Morgan fingerprint density at radius 1 is 1.32 bits per heavy atom. The summed E-state index contributed by atoms with van der Waals surface area (Å²) in [7, 11) is 3.47. The second kappa shape index (κ2) is 7.04. The summed E-state index contributed by atoms with van der Waals surface area (Å²) in [6, 6.07) is 2.00. The topological polar surface area (TPSA) is 75.9 Å². The first kappa shape index (κ1) is 20.6. The number of rotatable bonds is 1. The van der Waals surface area contributed by atoms with Crippen LogP contribution in [-0.4, -0.2) is 40.1 Å². The lowest BCUT2D eigenvalue weighted by molar-refractivity contribution is 0.0601. The summed E-state index contributed by atoms with van der Waals surface area (Å²) in [6.07, 6.45) is 2.95. The predicted molar refractivity (Wildman–Crippen MR) is 113 cm³/mol. The Kier molecular flexibility index (Phi) is 5.18. The summed E-state index contributed by atoms with van der Waals surface area (Å²) in [5.41, 5.74) is -0.0654. The molecule has 0 aliphatic carbocycles. The summed E-state index contributed by atoms with van der Waals surface area (Å²) in [6.45, 7) is 7.28. The molecule has 0 spiro atoms. The Morgan fingerprint density at radius 2 is 2.00 bits per heavy atom. The van der Waals surface area contributed by atoms with Gasteiger partial charge in [-0.2, -0.15) is 0 Å². The third-order valence-corrected chi connectivity index (χ3v) is 6.27. The Morgan fingerprint density at radius 3 is 2.57 bits per heavy atom. The number of aliphatic imine (C=N–C) groups is 1. The number of hydrogen-bond donors (Lipinski definition) is 1. The molecule has 1 aliphatic rings. The van der Waals surface area contributed by atoms with E-state index >= 15 is 0 Å². The number of guanidine groups is 1. The number of thiophene rings is 1. The van der Waals surface area contributed by atoms with Crippen LogP contribution in [0.4, 0.5) is 4.79 Å². The van der Waals surface area contributed by atoms with Crippen molar-refractivity contribution in [2.75, 3.05) is 7.05 Å². The number of amides is 2. The molecule has 0 saturated carbocycles. The number of nitrogens with one attached hydrogen (secondary N) is 1. The van der Waals surface area contributed by atoms with E-state index in [4.69, 9.17) is 4.74 Å². The van der Waals surface area contributed by atoms with Crippen molar-refractivity contribution in [3.05, 3.63) is 44.3 Å². The highest BCUT2D eigenvalue weighted by atomic mass is 79.9. The maximum atomic E-state index is 13.1. The molecule has 1 N–H and O–H groups in total. The monoisotopic (exact) mass is 466 g/mol. The minimum atomic E-state index is -0.755. The van der Waals surface area contributed by atoms with E-state index < -0.39 is 17.2 Å². The molecule has 1 atom stereocenters. The van der Waals surface area contributed by atoms with Gasteiger partial charge < -0.3 is 14.6 Å². The number of hydrogen-bond acceptors (Lipinski definition) is 4. The third kappa shape index (κ3) is 3.86. The summed E-state index contributed by atoms with van der Waals surface area (Å²) >= 11 is 5.05. The molecule has 0 bridgehead atoms. The van der Waals surface area contributed by atoms with Gasteiger partial charge in [-0.15, -0.1) is 16.3 Å². The van der Waals surface area contributed by atoms with E-state index in [1.165, 1.54) is 4.90 Å². The highest BCUT2D eigenvalue weighted by Gasteiger charge is 2.41. The SMILES string of the molecule is CN1C(=O)c2cn(C)cc2C(C)(c2cc(Br)cs2)N/C1=N\C(=O)OC(C)(C)C. The van der Waals surface area contributed by atoms with Gasteiger partial charge in [0.2, 0.25) is 5.96 Å².